The molecule has 0 saturated carbocycles. The summed E-state index contributed by atoms with van der Waals surface area (Å²) in [6.45, 7) is 11.2. The van der Waals surface area contributed by atoms with E-state index in [1.165, 1.54) is 50.4 Å². The summed E-state index contributed by atoms with van der Waals surface area (Å²) in [5.41, 5.74) is 3.03. The molecule has 1 atom stereocenters. The van der Waals surface area contributed by atoms with Gasteiger partial charge in [-0.1, -0.05) is 0 Å². The van der Waals surface area contributed by atoms with E-state index < -0.39 is 0 Å². The van der Waals surface area contributed by atoms with Crippen LogP contribution in [0.4, 0.5) is 0 Å². The number of nitrogens with one attached hydrogen (secondary N) is 2. The molecule has 1 aromatic rings. The lowest BCUT2D eigenvalue weighted by molar-refractivity contribution is -1.03. The van der Waals surface area contributed by atoms with Crippen molar-refractivity contribution in [3.05, 3.63) is 29.3 Å². The average Bonchev–Trinajstić information content (AvgIpc) is 2.54. The Morgan fingerprint density at radius 1 is 1.25 bits per heavy atom. The van der Waals surface area contributed by atoms with Gasteiger partial charge in [0.15, 0.2) is 6.04 Å². The number of rotatable bonds is 3. The van der Waals surface area contributed by atoms with Crippen LogP contribution in [0.1, 0.15) is 24.1 Å². The first-order valence-electron chi connectivity index (χ1n) is 7.98. The van der Waals surface area contributed by atoms with Gasteiger partial charge in [0.1, 0.15) is 45.0 Å². The molecule has 2 aliphatic rings. The summed E-state index contributed by atoms with van der Waals surface area (Å²) in [6, 6.07) is 7.28. The average molecular weight is 278 g/mol. The van der Waals surface area contributed by atoms with Gasteiger partial charge >= 0.3 is 0 Å². The van der Waals surface area contributed by atoms with E-state index in [-0.39, 0.29) is 0 Å². The number of methoxy groups -OCH3 is 1. The van der Waals surface area contributed by atoms with Gasteiger partial charge in [-0.25, -0.2) is 0 Å². The minimum atomic E-state index is 0.646. The Morgan fingerprint density at radius 3 is 2.75 bits per heavy atom. The maximum atomic E-state index is 5.43. The predicted octanol–water partition coefficient (Wildman–Crippen LogP) is -2.38. The Balaban J connectivity index is 1.79. The molecule has 2 aliphatic heterocycles. The maximum absolute atomic E-state index is 5.43. The molecule has 0 unspecified atom stereocenters. The summed E-state index contributed by atoms with van der Waals surface area (Å²) < 4.78 is 5.43. The van der Waals surface area contributed by atoms with Crippen molar-refractivity contribution < 1.29 is 19.9 Å². The van der Waals surface area contributed by atoms with Crippen molar-refractivity contribution in [3.8, 4) is 5.75 Å². The molecular formula is C16H28N3O+3. The minimum absolute atomic E-state index is 0.646. The number of ether oxygens (including phenoxy) is 1. The number of benzene rings is 1. The molecule has 4 nitrogen and oxygen atoms in total. The lowest BCUT2D eigenvalue weighted by Crippen LogP contribution is -3.28. The van der Waals surface area contributed by atoms with Gasteiger partial charge in [-0.15, -0.1) is 0 Å². The van der Waals surface area contributed by atoms with E-state index in [9.17, 15) is 0 Å². The Bertz CT molecular complexity index is 455. The lowest BCUT2D eigenvalue weighted by atomic mass is 9.94. The molecule has 2 heterocycles. The lowest BCUT2D eigenvalue weighted by Gasteiger charge is -2.35. The Kier molecular flexibility index (Phi) is 4.24. The molecule has 1 saturated heterocycles. The third-order valence-corrected chi connectivity index (χ3v) is 5.09. The molecule has 0 bridgehead atoms. The highest BCUT2D eigenvalue weighted by atomic mass is 16.5. The number of piperazine rings is 1. The van der Waals surface area contributed by atoms with Crippen molar-refractivity contribution in [1.82, 2.24) is 0 Å². The SMILES string of the molecule is CC[NH+]1CC[NH+]([C@H]2C[NH2+]Cc3ccc(OC)cc32)CC1. The number of hydrogen-bond acceptors (Lipinski definition) is 1. The van der Waals surface area contributed by atoms with Crippen molar-refractivity contribution in [1.29, 1.82) is 0 Å². The fraction of sp³-hybridized carbons (Fsp3) is 0.625. The van der Waals surface area contributed by atoms with Gasteiger partial charge in [0.25, 0.3) is 0 Å². The third-order valence-electron chi connectivity index (χ3n) is 5.09. The maximum Gasteiger partial charge on any atom is 0.164 e. The second kappa shape index (κ2) is 6.12. The van der Waals surface area contributed by atoms with E-state index in [1.807, 2.05) is 0 Å². The molecule has 110 valence electrons. The van der Waals surface area contributed by atoms with E-state index in [0.717, 1.165) is 12.3 Å². The van der Waals surface area contributed by atoms with Gasteiger partial charge in [0.05, 0.1) is 13.7 Å². The summed E-state index contributed by atoms with van der Waals surface area (Å²) in [5, 5.41) is 2.46. The molecule has 20 heavy (non-hydrogen) atoms. The summed E-state index contributed by atoms with van der Waals surface area (Å²) in [7, 11) is 1.77. The van der Waals surface area contributed by atoms with Crippen LogP contribution in [-0.2, 0) is 6.54 Å². The first kappa shape index (κ1) is 13.9. The molecule has 4 N–H and O–H groups in total. The van der Waals surface area contributed by atoms with Gasteiger partial charge in [-0.3, -0.25) is 0 Å². The second-order valence-corrected chi connectivity index (χ2v) is 6.11. The second-order valence-electron chi connectivity index (χ2n) is 6.11. The minimum Gasteiger partial charge on any atom is -0.497 e. The number of likely N-dealkylation sites (N-methyl/N-ethyl adjacent to an activating group) is 1. The zero-order chi connectivity index (χ0) is 13.9. The first-order chi connectivity index (χ1) is 9.81. The highest BCUT2D eigenvalue weighted by molar-refractivity contribution is 5.37. The van der Waals surface area contributed by atoms with Crippen LogP contribution in [0.3, 0.4) is 0 Å². The van der Waals surface area contributed by atoms with Crippen LogP contribution < -0.4 is 19.9 Å². The largest absolute Gasteiger partial charge is 0.497 e. The number of fused-ring (bicyclic) bond motifs is 1. The van der Waals surface area contributed by atoms with Crippen molar-refractivity contribution in [2.45, 2.75) is 19.5 Å². The van der Waals surface area contributed by atoms with Crippen LogP contribution in [0.25, 0.3) is 0 Å². The van der Waals surface area contributed by atoms with E-state index >= 15 is 0 Å². The Labute approximate surface area is 121 Å². The summed E-state index contributed by atoms with van der Waals surface area (Å²) in [6.07, 6.45) is 0. The van der Waals surface area contributed by atoms with Gasteiger partial charge in [0.2, 0.25) is 0 Å². The Hall–Kier alpha value is -1.10. The topological polar surface area (TPSA) is 34.7 Å². The highest BCUT2D eigenvalue weighted by Crippen LogP contribution is 2.23. The van der Waals surface area contributed by atoms with Crippen molar-refractivity contribution in [2.75, 3.05) is 46.4 Å². The van der Waals surface area contributed by atoms with E-state index in [1.54, 1.807) is 16.9 Å². The fourth-order valence-electron chi connectivity index (χ4n) is 3.76. The van der Waals surface area contributed by atoms with Crippen LogP contribution in [0.2, 0.25) is 0 Å². The van der Waals surface area contributed by atoms with Crippen molar-refractivity contribution >= 4 is 0 Å². The summed E-state index contributed by atoms with van der Waals surface area (Å²) in [5.74, 6) is 1.01. The standard InChI is InChI=1S/C16H25N3O/c1-3-18-6-8-19(9-7-18)16-12-17-11-13-4-5-14(20-2)10-15(13)16/h4-5,10,16-17H,3,6-9,11-12H2,1-2H3/p+3/t16-/m0/s1. The summed E-state index contributed by atoms with van der Waals surface area (Å²) >= 11 is 0. The molecule has 1 aromatic carbocycles. The molecule has 0 spiro atoms. The van der Waals surface area contributed by atoms with E-state index in [4.69, 9.17) is 4.74 Å². The molecule has 0 aromatic heterocycles. The predicted molar refractivity (Wildman–Crippen MR) is 78.2 cm³/mol. The normalized spacial score (nSPS) is 29.8. The molecular weight excluding hydrogens is 250 g/mol. The zero-order valence-electron chi connectivity index (χ0n) is 12.7. The van der Waals surface area contributed by atoms with E-state index in [2.05, 4.69) is 30.4 Å². The third kappa shape index (κ3) is 2.68. The smallest absolute Gasteiger partial charge is 0.164 e. The highest BCUT2D eigenvalue weighted by Gasteiger charge is 2.35. The monoisotopic (exact) mass is 278 g/mol. The van der Waals surface area contributed by atoms with Gasteiger partial charge in [0, 0.05) is 11.1 Å². The van der Waals surface area contributed by atoms with Crippen LogP contribution >= 0.6 is 0 Å². The van der Waals surface area contributed by atoms with Gasteiger partial charge < -0.3 is 19.9 Å². The Morgan fingerprint density at radius 2 is 2.05 bits per heavy atom. The van der Waals surface area contributed by atoms with Gasteiger partial charge in [-0.05, 0) is 25.1 Å². The molecule has 3 rings (SSSR count). The molecule has 0 amide bonds. The summed E-state index contributed by atoms with van der Waals surface area (Å²) in [4.78, 5) is 3.53. The van der Waals surface area contributed by atoms with Crippen LogP contribution in [0, 0.1) is 0 Å². The molecule has 0 aliphatic carbocycles. The molecule has 4 heteroatoms. The fourth-order valence-corrected chi connectivity index (χ4v) is 3.76. The van der Waals surface area contributed by atoms with E-state index in [0.29, 0.717) is 6.04 Å². The van der Waals surface area contributed by atoms with Crippen LogP contribution in [0.5, 0.6) is 5.75 Å². The van der Waals surface area contributed by atoms with Crippen LogP contribution in [-0.4, -0.2) is 46.4 Å². The van der Waals surface area contributed by atoms with Crippen molar-refractivity contribution in [2.24, 2.45) is 0 Å². The molecule has 0 radical (unpaired) electrons. The first-order valence-corrected chi connectivity index (χ1v) is 7.98. The quantitative estimate of drug-likeness (QED) is 0.567. The zero-order valence-corrected chi connectivity index (χ0v) is 12.7. The number of hydrogen-bond donors (Lipinski definition) is 3. The van der Waals surface area contributed by atoms with Gasteiger partial charge in [-0.2, -0.15) is 0 Å². The molecule has 1 fully saturated rings. The van der Waals surface area contributed by atoms with Crippen molar-refractivity contribution in [3.63, 3.8) is 0 Å². The number of nitrogens with two attached hydrogens (primary N) is 1. The number of quaternary nitrogens is 3. The van der Waals surface area contributed by atoms with Crippen LogP contribution in [0.15, 0.2) is 18.2 Å².